The van der Waals surface area contributed by atoms with Crippen LogP contribution < -0.4 is 0 Å². The second-order valence-corrected chi connectivity index (χ2v) is 4.50. The lowest BCUT2D eigenvalue weighted by Crippen LogP contribution is -1.93. The Hall–Kier alpha value is -2.07. The van der Waals surface area contributed by atoms with Crippen molar-refractivity contribution < 1.29 is 0 Å². The molecule has 0 spiro atoms. The molecule has 0 atom stereocenters. The number of nitrogens with one attached hydrogen (secondary N) is 1. The van der Waals surface area contributed by atoms with Gasteiger partial charge in [-0.25, -0.2) is 4.98 Å². The molecule has 1 N–H and O–H groups in total. The van der Waals surface area contributed by atoms with Crippen molar-refractivity contribution >= 4 is 23.0 Å². The summed E-state index contributed by atoms with van der Waals surface area (Å²) in [6.45, 7) is 1.98. The van der Waals surface area contributed by atoms with E-state index in [0.29, 0.717) is 4.64 Å². The first-order chi connectivity index (χ1) is 8.77. The first kappa shape index (κ1) is 11.0. The van der Waals surface area contributed by atoms with Crippen molar-refractivity contribution in [1.82, 2.24) is 15.0 Å². The van der Waals surface area contributed by atoms with Gasteiger partial charge in [-0.15, -0.1) is 0 Å². The molecule has 0 unspecified atom stereocenters. The minimum absolute atomic E-state index is 0.622. The Balaban J connectivity index is 2.39. The smallest absolute Gasteiger partial charge is 0.132 e. The molecule has 0 fully saturated rings. The van der Waals surface area contributed by atoms with Crippen molar-refractivity contribution in [3.8, 4) is 11.3 Å². The van der Waals surface area contributed by atoms with Crippen LogP contribution in [-0.4, -0.2) is 15.0 Å². The number of aromatic amines is 1. The van der Waals surface area contributed by atoms with Crippen LogP contribution in [-0.2, 0) is 0 Å². The van der Waals surface area contributed by atoms with E-state index in [1.165, 1.54) is 0 Å². The molecule has 0 aliphatic carbocycles. The third-order valence-electron chi connectivity index (χ3n) is 3.02. The van der Waals surface area contributed by atoms with Gasteiger partial charge in [-0.05, 0) is 12.3 Å². The van der Waals surface area contributed by atoms with Crippen molar-refractivity contribution in [1.29, 1.82) is 0 Å². The highest BCUT2D eigenvalue weighted by molar-refractivity contribution is 7.71. The quantitative estimate of drug-likeness (QED) is 0.673. The van der Waals surface area contributed by atoms with E-state index in [2.05, 4.69) is 27.1 Å². The third-order valence-corrected chi connectivity index (χ3v) is 3.44. The van der Waals surface area contributed by atoms with Crippen molar-refractivity contribution in [2.24, 2.45) is 0 Å². The third kappa shape index (κ3) is 1.71. The fourth-order valence-corrected chi connectivity index (χ4v) is 2.22. The molecule has 2 aromatic heterocycles. The maximum absolute atomic E-state index is 5.21. The van der Waals surface area contributed by atoms with Gasteiger partial charge >= 0.3 is 0 Å². The molecule has 0 aliphatic rings. The van der Waals surface area contributed by atoms with Crippen molar-refractivity contribution in [2.75, 3.05) is 0 Å². The number of fused-ring (bicyclic) bond motifs is 1. The molecule has 0 saturated carbocycles. The Bertz CT molecular complexity index is 772. The summed E-state index contributed by atoms with van der Waals surface area (Å²) in [4.78, 5) is 11.5. The number of benzene rings is 1. The van der Waals surface area contributed by atoms with E-state index in [4.69, 9.17) is 12.2 Å². The summed E-state index contributed by atoms with van der Waals surface area (Å²) in [7, 11) is 0. The summed E-state index contributed by atoms with van der Waals surface area (Å²) in [6.07, 6.45) is 5.35. The fraction of sp³-hybridized carbons (Fsp3) is 0.0714. The van der Waals surface area contributed by atoms with Gasteiger partial charge in [0.05, 0.1) is 12.0 Å². The van der Waals surface area contributed by atoms with Crippen LogP contribution in [0, 0.1) is 11.6 Å². The minimum Gasteiger partial charge on any atom is -0.345 e. The first-order valence-electron chi connectivity index (χ1n) is 5.65. The first-order valence-corrected chi connectivity index (χ1v) is 6.05. The maximum Gasteiger partial charge on any atom is 0.132 e. The SMILES string of the molecule is Cc1c(-c2cncc3ccccc23)[nH]cnc1=S. The molecule has 0 amide bonds. The van der Waals surface area contributed by atoms with Gasteiger partial charge in [-0.2, -0.15) is 0 Å². The van der Waals surface area contributed by atoms with Gasteiger partial charge < -0.3 is 4.98 Å². The van der Waals surface area contributed by atoms with Crippen LogP contribution in [0.25, 0.3) is 22.0 Å². The zero-order valence-corrected chi connectivity index (χ0v) is 10.7. The Morgan fingerprint density at radius 3 is 2.89 bits per heavy atom. The van der Waals surface area contributed by atoms with Crippen LogP contribution in [0.15, 0.2) is 43.0 Å². The topological polar surface area (TPSA) is 41.6 Å². The normalized spacial score (nSPS) is 10.7. The Labute approximate surface area is 110 Å². The number of H-pyrrole nitrogens is 1. The summed E-state index contributed by atoms with van der Waals surface area (Å²) in [5.74, 6) is 0. The van der Waals surface area contributed by atoms with Crippen LogP contribution in [0.1, 0.15) is 5.56 Å². The number of pyridine rings is 1. The highest BCUT2D eigenvalue weighted by Gasteiger charge is 2.08. The second-order valence-electron chi connectivity index (χ2n) is 4.12. The highest BCUT2D eigenvalue weighted by Crippen LogP contribution is 2.27. The number of hydrogen-bond donors (Lipinski definition) is 1. The zero-order valence-electron chi connectivity index (χ0n) is 9.84. The van der Waals surface area contributed by atoms with E-state index in [0.717, 1.165) is 27.6 Å². The Morgan fingerprint density at radius 2 is 2.00 bits per heavy atom. The number of rotatable bonds is 1. The Morgan fingerprint density at radius 1 is 1.17 bits per heavy atom. The van der Waals surface area contributed by atoms with Gasteiger partial charge in [0.25, 0.3) is 0 Å². The summed E-state index contributed by atoms with van der Waals surface area (Å²) < 4.78 is 0.622. The molecule has 1 aromatic carbocycles. The van der Waals surface area contributed by atoms with Gasteiger partial charge in [0.2, 0.25) is 0 Å². The molecular weight excluding hydrogens is 242 g/mol. The standard InChI is InChI=1S/C14H11N3S/c1-9-13(16-8-17-14(9)18)12-7-15-6-10-4-2-3-5-11(10)12/h2-8H,1H3,(H,16,17,18). The van der Waals surface area contributed by atoms with E-state index in [1.807, 2.05) is 31.5 Å². The number of nitrogens with zero attached hydrogens (tertiary/aromatic N) is 2. The lowest BCUT2D eigenvalue weighted by Gasteiger charge is -2.08. The molecule has 0 aliphatic heterocycles. The fourth-order valence-electron chi connectivity index (χ4n) is 2.06. The molecular formula is C14H11N3S. The van der Waals surface area contributed by atoms with Crippen LogP contribution >= 0.6 is 12.2 Å². The molecule has 2 heterocycles. The largest absolute Gasteiger partial charge is 0.345 e. The van der Waals surface area contributed by atoms with Crippen LogP contribution in [0.4, 0.5) is 0 Å². The van der Waals surface area contributed by atoms with Gasteiger partial charge in [0.15, 0.2) is 0 Å². The predicted molar refractivity (Wildman–Crippen MR) is 74.9 cm³/mol. The molecule has 18 heavy (non-hydrogen) atoms. The highest BCUT2D eigenvalue weighted by atomic mass is 32.1. The molecule has 0 radical (unpaired) electrons. The lowest BCUT2D eigenvalue weighted by molar-refractivity contribution is 1.12. The molecule has 88 valence electrons. The van der Waals surface area contributed by atoms with Crippen LogP contribution in [0.5, 0.6) is 0 Å². The molecule has 3 nitrogen and oxygen atoms in total. The second kappa shape index (κ2) is 4.31. The van der Waals surface area contributed by atoms with Gasteiger partial charge in [-0.3, -0.25) is 4.98 Å². The zero-order chi connectivity index (χ0) is 12.5. The summed E-state index contributed by atoms with van der Waals surface area (Å²) in [5, 5.41) is 2.28. The number of hydrogen-bond acceptors (Lipinski definition) is 3. The van der Waals surface area contributed by atoms with E-state index >= 15 is 0 Å². The minimum atomic E-state index is 0.622. The predicted octanol–water partition coefficient (Wildman–Crippen LogP) is 3.66. The summed E-state index contributed by atoms with van der Waals surface area (Å²) in [6, 6.07) is 8.17. The van der Waals surface area contributed by atoms with Gasteiger partial charge in [0, 0.05) is 28.9 Å². The maximum atomic E-state index is 5.21. The summed E-state index contributed by atoms with van der Waals surface area (Å²) in [5.41, 5.74) is 3.02. The van der Waals surface area contributed by atoms with Gasteiger partial charge in [-0.1, -0.05) is 36.5 Å². The molecule has 3 aromatic rings. The van der Waals surface area contributed by atoms with Crippen molar-refractivity contribution in [3.05, 3.63) is 53.2 Å². The lowest BCUT2D eigenvalue weighted by atomic mass is 10.0. The number of aromatic nitrogens is 3. The van der Waals surface area contributed by atoms with E-state index < -0.39 is 0 Å². The molecule has 4 heteroatoms. The molecule has 3 rings (SSSR count). The van der Waals surface area contributed by atoms with E-state index in [-0.39, 0.29) is 0 Å². The molecule has 0 bridgehead atoms. The van der Waals surface area contributed by atoms with Crippen molar-refractivity contribution in [3.63, 3.8) is 0 Å². The van der Waals surface area contributed by atoms with E-state index in [9.17, 15) is 0 Å². The van der Waals surface area contributed by atoms with E-state index in [1.54, 1.807) is 6.33 Å². The summed E-state index contributed by atoms with van der Waals surface area (Å²) >= 11 is 5.21. The van der Waals surface area contributed by atoms with Gasteiger partial charge in [0.1, 0.15) is 4.64 Å². The Kier molecular flexibility index (Phi) is 2.64. The average molecular weight is 253 g/mol. The van der Waals surface area contributed by atoms with Crippen LogP contribution in [0.2, 0.25) is 0 Å². The van der Waals surface area contributed by atoms with Crippen LogP contribution in [0.3, 0.4) is 0 Å². The molecule has 0 saturated heterocycles. The monoisotopic (exact) mass is 253 g/mol. The van der Waals surface area contributed by atoms with Crippen molar-refractivity contribution in [2.45, 2.75) is 6.92 Å². The average Bonchev–Trinajstić information content (AvgIpc) is 2.41.